The Morgan fingerprint density at radius 2 is 1.67 bits per heavy atom. The molecule has 0 unspecified atom stereocenters. The van der Waals surface area contributed by atoms with Gasteiger partial charge < -0.3 is 5.32 Å². The Labute approximate surface area is 184 Å². The van der Waals surface area contributed by atoms with E-state index in [-0.39, 0.29) is 12.0 Å². The van der Waals surface area contributed by atoms with Crippen LogP contribution < -0.4 is 5.32 Å². The van der Waals surface area contributed by atoms with Crippen LogP contribution in [0.15, 0.2) is 41.4 Å². The molecule has 0 saturated heterocycles. The minimum atomic E-state index is -4.36. The summed E-state index contributed by atoms with van der Waals surface area (Å²) in [6, 6.07) is 9.12. The number of fused-ring (bicyclic) bond motifs is 1. The number of amidine groups is 1. The van der Waals surface area contributed by atoms with E-state index >= 15 is 0 Å². The van der Waals surface area contributed by atoms with Gasteiger partial charge in [-0.2, -0.15) is 13.2 Å². The van der Waals surface area contributed by atoms with E-state index in [0.29, 0.717) is 15.6 Å². The predicted octanol–water partition coefficient (Wildman–Crippen LogP) is 7.92. The molecule has 2 aliphatic rings. The number of nitrogens with zero attached hydrogens (tertiary/aromatic N) is 1. The predicted molar refractivity (Wildman–Crippen MR) is 117 cm³/mol. The number of nitrogens with one attached hydrogen (secondary N) is 1. The molecular formula is C23H23Cl2F3N2. The van der Waals surface area contributed by atoms with Gasteiger partial charge in [0.2, 0.25) is 0 Å². The van der Waals surface area contributed by atoms with Crippen LogP contribution in [0.4, 0.5) is 18.9 Å². The Hall–Kier alpha value is -1.72. The highest BCUT2D eigenvalue weighted by Gasteiger charge is 2.40. The smallest absolute Gasteiger partial charge is 0.343 e. The Kier molecular flexibility index (Phi) is 6.04. The molecule has 1 aliphatic carbocycles. The molecule has 0 amide bonds. The van der Waals surface area contributed by atoms with Gasteiger partial charge in [-0.25, -0.2) is 0 Å². The van der Waals surface area contributed by atoms with Crippen molar-refractivity contribution in [3.8, 4) is 0 Å². The fourth-order valence-corrected chi connectivity index (χ4v) is 4.95. The molecule has 160 valence electrons. The summed E-state index contributed by atoms with van der Waals surface area (Å²) in [6.45, 7) is 0.199. The number of alkyl halides is 3. The van der Waals surface area contributed by atoms with Crippen LogP contribution in [-0.4, -0.2) is 5.84 Å². The third kappa shape index (κ3) is 4.47. The highest BCUT2D eigenvalue weighted by molar-refractivity contribution is 6.42. The number of rotatable bonds is 2. The van der Waals surface area contributed by atoms with E-state index in [0.717, 1.165) is 55.3 Å². The van der Waals surface area contributed by atoms with Gasteiger partial charge in [-0.3, -0.25) is 4.99 Å². The fraction of sp³-hybridized carbons (Fsp3) is 0.435. The first kappa shape index (κ1) is 21.5. The minimum absolute atomic E-state index is 0.137. The summed E-state index contributed by atoms with van der Waals surface area (Å²) in [4.78, 5) is 4.81. The summed E-state index contributed by atoms with van der Waals surface area (Å²) in [7, 11) is 0. The molecule has 4 rings (SSSR count). The van der Waals surface area contributed by atoms with Crippen LogP contribution in [0.1, 0.15) is 55.2 Å². The normalized spacial score (nSPS) is 20.0. The maximum Gasteiger partial charge on any atom is 0.416 e. The van der Waals surface area contributed by atoms with Crippen molar-refractivity contribution in [2.75, 3.05) is 5.32 Å². The summed E-state index contributed by atoms with van der Waals surface area (Å²) in [5.74, 6) is 0.854. The molecule has 0 aromatic heterocycles. The van der Waals surface area contributed by atoms with Gasteiger partial charge in [-0.1, -0.05) is 61.0 Å². The zero-order chi connectivity index (χ0) is 21.4. The van der Waals surface area contributed by atoms with Crippen molar-refractivity contribution in [1.82, 2.24) is 0 Å². The largest absolute Gasteiger partial charge is 0.416 e. The molecule has 1 fully saturated rings. The molecular weight excluding hydrogens is 432 g/mol. The monoisotopic (exact) mass is 454 g/mol. The number of aliphatic imine (C=N–C) groups is 1. The lowest BCUT2D eigenvalue weighted by atomic mass is 9.72. The Morgan fingerprint density at radius 1 is 0.967 bits per heavy atom. The van der Waals surface area contributed by atoms with Gasteiger partial charge in [0.05, 0.1) is 22.2 Å². The van der Waals surface area contributed by atoms with E-state index in [9.17, 15) is 13.2 Å². The molecule has 1 aliphatic heterocycles. The number of halogens is 5. The van der Waals surface area contributed by atoms with Crippen molar-refractivity contribution in [2.24, 2.45) is 10.4 Å². The molecule has 7 heteroatoms. The molecule has 0 atom stereocenters. The summed E-state index contributed by atoms with van der Waals surface area (Å²) in [6.07, 6.45) is 3.06. The lowest BCUT2D eigenvalue weighted by Gasteiger charge is -2.40. The number of anilines is 1. The van der Waals surface area contributed by atoms with E-state index in [1.54, 1.807) is 6.07 Å². The van der Waals surface area contributed by atoms with Crippen molar-refractivity contribution >= 4 is 34.7 Å². The Morgan fingerprint density at radius 3 is 2.37 bits per heavy atom. The van der Waals surface area contributed by atoms with Gasteiger partial charge in [0.15, 0.2) is 0 Å². The molecule has 0 radical (unpaired) electrons. The molecule has 1 N–H and O–H groups in total. The number of hydrogen-bond donors (Lipinski definition) is 1. The van der Waals surface area contributed by atoms with Crippen LogP contribution in [0.5, 0.6) is 0 Å². The van der Waals surface area contributed by atoms with Gasteiger partial charge >= 0.3 is 6.18 Å². The number of benzene rings is 2. The van der Waals surface area contributed by atoms with Crippen molar-refractivity contribution in [2.45, 2.75) is 57.7 Å². The topological polar surface area (TPSA) is 24.4 Å². The Balaban J connectivity index is 1.69. The third-order valence-corrected chi connectivity index (χ3v) is 6.89. The van der Waals surface area contributed by atoms with Crippen LogP contribution in [-0.2, 0) is 19.1 Å². The summed E-state index contributed by atoms with van der Waals surface area (Å²) in [5.41, 5.74) is 1.75. The quantitative estimate of drug-likeness (QED) is 0.489. The van der Waals surface area contributed by atoms with E-state index in [1.807, 2.05) is 12.1 Å². The van der Waals surface area contributed by atoms with Crippen molar-refractivity contribution in [3.05, 3.63) is 63.1 Å². The Bertz CT molecular complexity index is 961. The molecule has 1 spiro atoms. The second-order valence-corrected chi connectivity index (χ2v) is 9.10. The zero-order valence-corrected chi connectivity index (χ0v) is 18.0. The van der Waals surface area contributed by atoms with E-state index in [2.05, 4.69) is 5.32 Å². The maximum atomic E-state index is 13.1. The SMILES string of the molecule is FC(F)(F)c1cccc(CN=C2Nc3cc(Cl)c(Cl)cc3CC23CCCCCC3)c1. The van der Waals surface area contributed by atoms with Gasteiger partial charge in [0.1, 0.15) is 5.84 Å². The first-order valence-electron chi connectivity index (χ1n) is 10.2. The molecule has 2 aromatic rings. The maximum absolute atomic E-state index is 13.1. The second kappa shape index (κ2) is 8.43. The molecule has 2 aromatic carbocycles. The summed E-state index contributed by atoms with van der Waals surface area (Å²) in [5, 5.41) is 4.46. The van der Waals surface area contributed by atoms with Crippen LogP contribution in [0, 0.1) is 5.41 Å². The van der Waals surface area contributed by atoms with Gasteiger partial charge in [0.25, 0.3) is 0 Å². The molecule has 1 heterocycles. The van der Waals surface area contributed by atoms with Crippen molar-refractivity contribution in [3.63, 3.8) is 0 Å². The second-order valence-electron chi connectivity index (χ2n) is 8.28. The lowest BCUT2D eigenvalue weighted by molar-refractivity contribution is -0.137. The van der Waals surface area contributed by atoms with Crippen LogP contribution in [0.25, 0.3) is 0 Å². The highest BCUT2D eigenvalue weighted by atomic mass is 35.5. The average molecular weight is 455 g/mol. The van der Waals surface area contributed by atoms with Crippen LogP contribution in [0.2, 0.25) is 10.0 Å². The molecule has 1 saturated carbocycles. The van der Waals surface area contributed by atoms with Gasteiger partial charge in [-0.15, -0.1) is 0 Å². The van der Waals surface area contributed by atoms with Gasteiger partial charge in [-0.05, 0) is 54.7 Å². The van der Waals surface area contributed by atoms with Crippen molar-refractivity contribution in [1.29, 1.82) is 0 Å². The van der Waals surface area contributed by atoms with E-state index in [4.69, 9.17) is 28.2 Å². The highest BCUT2D eigenvalue weighted by Crippen LogP contribution is 2.45. The molecule has 30 heavy (non-hydrogen) atoms. The fourth-order valence-electron chi connectivity index (χ4n) is 4.60. The third-order valence-electron chi connectivity index (χ3n) is 6.17. The van der Waals surface area contributed by atoms with Crippen LogP contribution >= 0.6 is 23.2 Å². The summed E-state index contributed by atoms with van der Waals surface area (Å²) < 4.78 is 39.2. The first-order chi connectivity index (χ1) is 14.3. The standard InChI is InChI=1S/C23H23Cl2F3N2/c24-18-11-16-13-22(8-3-1-2-4-9-22)21(30-20(16)12-19(18)25)29-14-15-6-5-7-17(10-15)23(26,27)28/h5-7,10-12H,1-4,8-9,13-14H2,(H,29,30). The van der Waals surface area contributed by atoms with Gasteiger partial charge in [0, 0.05) is 11.1 Å². The minimum Gasteiger partial charge on any atom is -0.343 e. The molecule has 2 nitrogen and oxygen atoms in total. The van der Waals surface area contributed by atoms with Crippen LogP contribution in [0.3, 0.4) is 0 Å². The lowest BCUT2D eigenvalue weighted by Crippen LogP contribution is -2.42. The molecule has 0 bridgehead atoms. The average Bonchev–Trinajstić information content (AvgIpc) is 2.94. The van der Waals surface area contributed by atoms with Crippen molar-refractivity contribution < 1.29 is 13.2 Å². The van der Waals surface area contributed by atoms with E-state index < -0.39 is 11.7 Å². The zero-order valence-electron chi connectivity index (χ0n) is 16.5. The van der Waals surface area contributed by atoms with E-state index in [1.165, 1.54) is 25.0 Å². The number of hydrogen-bond acceptors (Lipinski definition) is 1. The summed E-state index contributed by atoms with van der Waals surface area (Å²) >= 11 is 12.5. The first-order valence-corrected chi connectivity index (χ1v) is 11.0.